The smallest absolute Gasteiger partial charge is 0.150 e. The van der Waals surface area contributed by atoms with E-state index in [4.69, 9.17) is 21.6 Å². The zero-order chi connectivity index (χ0) is 34.9. The van der Waals surface area contributed by atoms with Gasteiger partial charge in [-0.15, -0.1) is 0 Å². The fourth-order valence-corrected chi connectivity index (χ4v) is 6.22. The van der Waals surface area contributed by atoms with Gasteiger partial charge in [0.05, 0.1) is 11.4 Å². The van der Waals surface area contributed by atoms with E-state index in [0.29, 0.717) is 0 Å². The van der Waals surface area contributed by atoms with Crippen molar-refractivity contribution in [2.75, 3.05) is 18.1 Å². The maximum atomic E-state index is 10.5. The van der Waals surface area contributed by atoms with Crippen LogP contribution in [0.2, 0.25) is 0 Å². The molecule has 0 atom stereocenters. The van der Waals surface area contributed by atoms with Crippen LogP contribution < -0.4 is 11.5 Å². The summed E-state index contributed by atoms with van der Waals surface area (Å²) < 4.78 is 0. The molecule has 5 heteroatoms. The van der Waals surface area contributed by atoms with Gasteiger partial charge in [0, 0.05) is 40.7 Å². The van der Waals surface area contributed by atoms with Gasteiger partial charge in [-0.1, -0.05) is 135 Å². The third-order valence-corrected chi connectivity index (χ3v) is 8.54. The average molecular weight is 670 g/mol. The molecule has 0 radical (unpaired) electrons. The van der Waals surface area contributed by atoms with Crippen LogP contribution in [0.1, 0.15) is 35.8 Å². The summed E-state index contributed by atoms with van der Waals surface area (Å²) in [5, 5.41) is 17.0. The van der Waals surface area contributed by atoms with Crippen LogP contribution in [-0.4, -0.2) is 23.7 Å². The highest BCUT2D eigenvalue weighted by atomic mass is 16.2. The predicted molar refractivity (Wildman–Crippen MR) is 219 cm³/mol. The largest absolute Gasteiger partial charge is 0.398 e. The van der Waals surface area contributed by atoms with E-state index in [1.807, 2.05) is 78.9 Å². The maximum absolute atomic E-state index is 10.5. The molecule has 0 spiro atoms. The first-order valence-corrected chi connectivity index (χ1v) is 16.6. The summed E-state index contributed by atoms with van der Waals surface area (Å²) in [6.07, 6.45) is 1.76. The zero-order valence-corrected chi connectivity index (χ0v) is 28.0. The number of aldehydes is 1. The van der Waals surface area contributed by atoms with Crippen molar-refractivity contribution in [2.45, 2.75) is 20.8 Å². The average Bonchev–Trinajstić information content (AvgIpc) is 3.15. The van der Waals surface area contributed by atoms with E-state index in [1.54, 1.807) is 6.92 Å². The van der Waals surface area contributed by atoms with Gasteiger partial charge in [0.25, 0.3) is 0 Å². The monoisotopic (exact) mass is 669 g/mol. The molecule has 8 aromatic rings. The number of fused-ring (bicyclic) bond motifs is 3. The topological polar surface area (TPSA) is 102 Å². The SMILES string of the molecule is C.CCO.Nc1cccc2cccc(N)c12.O=Cc1ccc2ccccc2c1.c1ccc2cc(C3=Nc4cccc5cccc(c45)C3)ccc2c1. The fraction of sp³-hybridized carbons (Fsp3) is 0.0870. The number of nitrogens with two attached hydrogens (primary N) is 2. The quantitative estimate of drug-likeness (QED) is 0.126. The van der Waals surface area contributed by atoms with E-state index in [0.717, 1.165) is 57.2 Å². The molecule has 254 valence electrons. The Bertz CT molecular complexity index is 2430. The molecule has 9 rings (SSSR count). The molecule has 0 saturated heterocycles. The molecule has 1 aliphatic heterocycles. The summed E-state index contributed by atoms with van der Waals surface area (Å²) >= 11 is 0. The van der Waals surface area contributed by atoms with E-state index in [9.17, 15) is 4.79 Å². The van der Waals surface area contributed by atoms with Gasteiger partial charge < -0.3 is 16.6 Å². The van der Waals surface area contributed by atoms with Crippen molar-refractivity contribution in [1.29, 1.82) is 0 Å². The summed E-state index contributed by atoms with van der Waals surface area (Å²) in [5.74, 6) is 0. The van der Waals surface area contributed by atoms with Crippen LogP contribution in [0.15, 0.2) is 163 Å². The predicted octanol–water partition coefficient (Wildman–Crippen LogP) is 11.0. The number of carbonyl (C=O) groups excluding carboxylic acids is 1. The van der Waals surface area contributed by atoms with Gasteiger partial charge >= 0.3 is 0 Å². The van der Waals surface area contributed by atoms with Gasteiger partial charge in [-0.3, -0.25) is 9.79 Å². The summed E-state index contributed by atoms with van der Waals surface area (Å²) in [6.45, 7) is 1.93. The summed E-state index contributed by atoms with van der Waals surface area (Å²) in [7, 11) is 0. The first kappa shape index (κ1) is 36.0. The van der Waals surface area contributed by atoms with E-state index >= 15 is 0 Å². The minimum atomic E-state index is 0. The van der Waals surface area contributed by atoms with Crippen LogP contribution in [0.25, 0.3) is 43.1 Å². The Morgan fingerprint density at radius 2 is 1.08 bits per heavy atom. The van der Waals surface area contributed by atoms with Crippen molar-refractivity contribution < 1.29 is 9.90 Å². The first-order chi connectivity index (χ1) is 24.5. The number of nitrogen functional groups attached to an aromatic ring is 2. The molecule has 5 N–H and O–H groups in total. The van der Waals surface area contributed by atoms with Gasteiger partial charge in [0.2, 0.25) is 0 Å². The van der Waals surface area contributed by atoms with Crippen LogP contribution in [0.3, 0.4) is 0 Å². The van der Waals surface area contributed by atoms with Gasteiger partial charge in [-0.05, 0) is 80.7 Å². The Kier molecular flexibility index (Phi) is 11.9. The minimum absolute atomic E-state index is 0. The molecule has 1 aliphatic rings. The second-order valence-electron chi connectivity index (χ2n) is 11.9. The van der Waals surface area contributed by atoms with Crippen molar-refractivity contribution in [1.82, 2.24) is 0 Å². The molecule has 5 nitrogen and oxygen atoms in total. The van der Waals surface area contributed by atoms with Crippen LogP contribution in [-0.2, 0) is 6.42 Å². The Morgan fingerprint density at radius 3 is 1.67 bits per heavy atom. The molecule has 0 amide bonds. The van der Waals surface area contributed by atoms with E-state index in [1.165, 1.54) is 38.1 Å². The summed E-state index contributed by atoms with van der Waals surface area (Å²) in [4.78, 5) is 15.4. The highest BCUT2D eigenvalue weighted by Crippen LogP contribution is 2.35. The zero-order valence-electron chi connectivity index (χ0n) is 28.0. The molecule has 0 bridgehead atoms. The number of aliphatic imine (C=N–C) groups is 1. The standard InChI is InChI=1S/C22H15N.C11H8O.C10H10N2.C2H6O.CH4/c1-2-6-17-13-18(12-11-15(17)5-1)21-14-19-9-3-7-16-8-4-10-20(23-21)22(16)19;12-8-9-5-6-10-3-1-2-4-11(10)7-9;11-8-5-1-3-7-4-2-6-9(12)10(7)8;1-2-3;/h1-13H,14H2;1-8H;1-6H,11-12H2;3H,2H2,1H3;1H4. The van der Waals surface area contributed by atoms with Crippen molar-refractivity contribution in [2.24, 2.45) is 4.99 Å². The van der Waals surface area contributed by atoms with Crippen LogP contribution >= 0.6 is 0 Å². The molecule has 8 aromatic carbocycles. The lowest BCUT2D eigenvalue weighted by molar-refractivity contribution is 0.112. The number of hydrogen-bond acceptors (Lipinski definition) is 5. The number of aliphatic hydroxyl groups excluding tert-OH is 1. The van der Waals surface area contributed by atoms with E-state index in [2.05, 4.69) is 78.9 Å². The summed E-state index contributed by atoms with van der Waals surface area (Å²) in [6, 6.07) is 53.3. The van der Waals surface area contributed by atoms with Crippen LogP contribution in [0.5, 0.6) is 0 Å². The number of anilines is 2. The minimum Gasteiger partial charge on any atom is -0.398 e. The van der Waals surface area contributed by atoms with Crippen molar-refractivity contribution in [3.63, 3.8) is 0 Å². The van der Waals surface area contributed by atoms with Gasteiger partial charge in [0.1, 0.15) is 6.29 Å². The van der Waals surface area contributed by atoms with E-state index < -0.39 is 0 Å². The van der Waals surface area contributed by atoms with Crippen molar-refractivity contribution >= 4 is 72.1 Å². The maximum Gasteiger partial charge on any atom is 0.150 e. The van der Waals surface area contributed by atoms with Crippen molar-refractivity contribution in [3.05, 3.63) is 174 Å². The molecular formula is C46H43N3O2. The first-order valence-electron chi connectivity index (χ1n) is 16.6. The molecular weight excluding hydrogens is 627 g/mol. The van der Waals surface area contributed by atoms with Crippen LogP contribution in [0.4, 0.5) is 17.1 Å². The second-order valence-corrected chi connectivity index (χ2v) is 11.9. The molecule has 1 heterocycles. The van der Waals surface area contributed by atoms with Gasteiger partial charge in [-0.2, -0.15) is 0 Å². The normalized spacial score (nSPS) is 11.1. The Morgan fingerprint density at radius 1 is 0.588 bits per heavy atom. The molecule has 0 aliphatic carbocycles. The highest BCUT2D eigenvalue weighted by Gasteiger charge is 2.16. The number of rotatable bonds is 2. The van der Waals surface area contributed by atoms with Gasteiger partial charge in [0.15, 0.2) is 0 Å². The van der Waals surface area contributed by atoms with E-state index in [-0.39, 0.29) is 14.0 Å². The third kappa shape index (κ3) is 8.30. The number of benzene rings is 8. The molecule has 0 unspecified atom stereocenters. The lowest BCUT2D eigenvalue weighted by atomic mass is 9.92. The van der Waals surface area contributed by atoms with Gasteiger partial charge in [-0.25, -0.2) is 0 Å². The molecule has 0 saturated carbocycles. The second kappa shape index (κ2) is 16.9. The fourth-order valence-electron chi connectivity index (χ4n) is 6.22. The van der Waals surface area contributed by atoms with Crippen LogP contribution in [0, 0.1) is 0 Å². The highest BCUT2D eigenvalue weighted by molar-refractivity contribution is 6.12. The Hall–Kier alpha value is -6.30. The summed E-state index contributed by atoms with van der Waals surface area (Å²) in [5.41, 5.74) is 18.6. The Balaban J connectivity index is 0.000000153. The Labute approximate surface area is 299 Å². The molecule has 0 aromatic heterocycles. The molecule has 51 heavy (non-hydrogen) atoms. The van der Waals surface area contributed by atoms with Crippen molar-refractivity contribution in [3.8, 4) is 0 Å². The number of aliphatic hydroxyl groups is 1. The molecule has 0 fully saturated rings. The number of hydrogen-bond donors (Lipinski definition) is 3. The third-order valence-electron chi connectivity index (χ3n) is 8.54. The number of nitrogens with zero attached hydrogens (tertiary/aromatic N) is 1. The number of carbonyl (C=O) groups is 1. The lowest BCUT2D eigenvalue weighted by Gasteiger charge is -2.17. The lowest BCUT2D eigenvalue weighted by Crippen LogP contribution is -2.09.